The highest BCUT2D eigenvalue weighted by molar-refractivity contribution is 7.89. The zero-order valence-electron chi connectivity index (χ0n) is 8.46. The fourth-order valence-corrected chi connectivity index (χ4v) is 2.06. The summed E-state index contributed by atoms with van der Waals surface area (Å²) in [6, 6.07) is 3.05. The molecule has 0 aliphatic carbocycles. The standard InChI is InChI=1S/C8H6ClF4NO3S/c9-5-2-1-3-6(7(5)10)18(15,16)14-17-4-8(11,12)13/h1-3,14H,4H2. The van der Waals surface area contributed by atoms with Gasteiger partial charge in [0.05, 0.1) is 5.02 Å². The summed E-state index contributed by atoms with van der Waals surface area (Å²) < 4.78 is 71.3. The number of hydrogen-bond acceptors (Lipinski definition) is 3. The molecule has 0 spiro atoms. The predicted molar refractivity (Wildman–Crippen MR) is 53.7 cm³/mol. The molecule has 0 aromatic heterocycles. The van der Waals surface area contributed by atoms with Gasteiger partial charge in [0.15, 0.2) is 12.4 Å². The Morgan fingerprint density at radius 3 is 2.50 bits per heavy atom. The van der Waals surface area contributed by atoms with Gasteiger partial charge < -0.3 is 0 Å². The van der Waals surface area contributed by atoms with E-state index in [4.69, 9.17) is 11.6 Å². The number of sulfonamides is 1. The molecule has 0 aliphatic heterocycles. The SMILES string of the molecule is O=S(=O)(NOCC(F)(F)F)c1cccc(Cl)c1F. The first-order valence-corrected chi connectivity index (χ1v) is 6.14. The minimum Gasteiger partial charge on any atom is -0.277 e. The molecule has 1 aromatic carbocycles. The highest BCUT2D eigenvalue weighted by Crippen LogP contribution is 2.22. The maximum Gasteiger partial charge on any atom is 0.413 e. The number of nitrogens with one attached hydrogen (secondary N) is 1. The van der Waals surface area contributed by atoms with Crippen LogP contribution in [0.2, 0.25) is 5.02 Å². The topological polar surface area (TPSA) is 55.4 Å². The fraction of sp³-hybridized carbons (Fsp3) is 0.250. The first kappa shape index (κ1) is 15.2. The maximum atomic E-state index is 13.3. The first-order valence-electron chi connectivity index (χ1n) is 4.28. The minimum atomic E-state index is -4.71. The largest absolute Gasteiger partial charge is 0.413 e. The van der Waals surface area contributed by atoms with Gasteiger partial charge in [-0.05, 0) is 12.1 Å². The summed E-state index contributed by atoms with van der Waals surface area (Å²) in [6.45, 7) is -1.84. The van der Waals surface area contributed by atoms with Gasteiger partial charge in [0.25, 0.3) is 10.0 Å². The molecule has 0 radical (unpaired) electrons. The van der Waals surface area contributed by atoms with E-state index in [0.29, 0.717) is 0 Å². The van der Waals surface area contributed by atoms with Gasteiger partial charge in [-0.3, -0.25) is 4.84 Å². The zero-order valence-corrected chi connectivity index (χ0v) is 10.0. The van der Waals surface area contributed by atoms with Gasteiger partial charge in [-0.1, -0.05) is 22.6 Å². The predicted octanol–water partition coefficient (Wildman–Crippen LogP) is 2.25. The van der Waals surface area contributed by atoms with E-state index in [1.807, 2.05) is 0 Å². The summed E-state index contributed by atoms with van der Waals surface area (Å²) in [6.07, 6.45) is -4.71. The molecule has 102 valence electrons. The molecule has 0 saturated heterocycles. The van der Waals surface area contributed by atoms with Crippen molar-refractivity contribution < 1.29 is 30.8 Å². The summed E-state index contributed by atoms with van der Waals surface area (Å²) in [5.41, 5.74) is 0. The molecule has 0 heterocycles. The quantitative estimate of drug-likeness (QED) is 0.685. The Labute approximate surface area is 105 Å². The molecular formula is C8H6ClF4NO3S. The van der Waals surface area contributed by atoms with Gasteiger partial charge in [0.1, 0.15) is 4.90 Å². The molecule has 0 unspecified atom stereocenters. The van der Waals surface area contributed by atoms with E-state index in [-0.39, 0.29) is 0 Å². The van der Waals surface area contributed by atoms with Gasteiger partial charge in [0.2, 0.25) is 0 Å². The van der Waals surface area contributed by atoms with Crippen LogP contribution in [-0.2, 0) is 14.9 Å². The van der Waals surface area contributed by atoms with Crippen molar-refractivity contribution >= 4 is 21.6 Å². The Bertz CT molecular complexity index is 532. The van der Waals surface area contributed by atoms with E-state index in [1.165, 1.54) is 0 Å². The average Bonchev–Trinajstić information content (AvgIpc) is 2.19. The highest BCUT2D eigenvalue weighted by atomic mass is 35.5. The first-order chi connectivity index (χ1) is 8.13. The second kappa shape index (κ2) is 5.39. The molecule has 0 bridgehead atoms. The van der Waals surface area contributed by atoms with Crippen molar-refractivity contribution in [3.8, 4) is 0 Å². The molecule has 10 heteroatoms. The molecule has 0 atom stereocenters. The lowest BCUT2D eigenvalue weighted by atomic mass is 10.3. The molecule has 0 aliphatic rings. The van der Waals surface area contributed by atoms with Crippen LogP contribution < -0.4 is 4.89 Å². The fourth-order valence-electron chi connectivity index (χ4n) is 0.925. The Balaban J connectivity index is 2.84. The molecular weight excluding hydrogens is 302 g/mol. The molecule has 1 aromatic rings. The van der Waals surface area contributed by atoms with Gasteiger partial charge in [-0.25, -0.2) is 12.8 Å². The summed E-state index contributed by atoms with van der Waals surface area (Å²) in [5, 5.41) is -0.478. The Hall–Kier alpha value is -0.900. The van der Waals surface area contributed by atoms with Crippen LogP contribution in [0.15, 0.2) is 23.1 Å². The van der Waals surface area contributed by atoms with Crippen LogP contribution >= 0.6 is 11.6 Å². The van der Waals surface area contributed by atoms with Gasteiger partial charge >= 0.3 is 6.18 Å². The summed E-state index contributed by atoms with van der Waals surface area (Å²) in [4.78, 5) is 3.99. The smallest absolute Gasteiger partial charge is 0.277 e. The minimum absolute atomic E-state index is 0.478. The average molecular weight is 308 g/mol. The second-order valence-electron chi connectivity index (χ2n) is 3.04. The third kappa shape index (κ3) is 4.09. The molecule has 1 rings (SSSR count). The number of hydrogen-bond donors (Lipinski definition) is 1. The summed E-state index contributed by atoms with van der Waals surface area (Å²) in [5.74, 6) is -1.28. The van der Waals surface area contributed by atoms with Crippen molar-refractivity contribution in [2.24, 2.45) is 0 Å². The third-order valence-corrected chi connectivity index (χ3v) is 3.13. The molecule has 0 fully saturated rings. The van der Waals surface area contributed by atoms with E-state index in [2.05, 4.69) is 4.84 Å². The van der Waals surface area contributed by atoms with Gasteiger partial charge in [0, 0.05) is 0 Å². The van der Waals surface area contributed by atoms with Gasteiger partial charge in [-0.15, -0.1) is 0 Å². The van der Waals surface area contributed by atoms with E-state index < -0.39 is 38.5 Å². The second-order valence-corrected chi connectivity index (χ2v) is 5.06. The van der Waals surface area contributed by atoms with E-state index in [1.54, 1.807) is 0 Å². The highest BCUT2D eigenvalue weighted by Gasteiger charge is 2.29. The van der Waals surface area contributed by atoms with Crippen molar-refractivity contribution in [2.45, 2.75) is 11.1 Å². The van der Waals surface area contributed by atoms with Crippen molar-refractivity contribution in [3.05, 3.63) is 29.0 Å². The van der Waals surface area contributed by atoms with Crippen LogP contribution in [0.5, 0.6) is 0 Å². The summed E-state index contributed by atoms with van der Waals surface area (Å²) >= 11 is 5.34. The van der Waals surface area contributed by atoms with Crippen molar-refractivity contribution in [1.29, 1.82) is 0 Å². The number of benzene rings is 1. The third-order valence-electron chi connectivity index (χ3n) is 1.61. The van der Waals surface area contributed by atoms with Crippen molar-refractivity contribution in [1.82, 2.24) is 4.89 Å². The molecule has 4 nitrogen and oxygen atoms in total. The van der Waals surface area contributed by atoms with Crippen molar-refractivity contribution in [3.63, 3.8) is 0 Å². The lowest BCUT2D eigenvalue weighted by Crippen LogP contribution is -2.30. The van der Waals surface area contributed by atoms with E-state index in [0.717, 1.165) is 23.1 Å². The Morgan fingerprint density at radius 1 is 1.33 bits per heavy atom. The molecule has 0 amide bonds. The summed E-state index contributed by atoms with van der Waals surface area (Å²) in [7, 11) is -4.57. The Kier molecular flexibility index (Phi) is 4.54. The molecule has 1 N–H and O–H groups in total. The lowest BCUT2D eigenvalue weighted by molar-refractivity contribution is -0.181. The molecule has 0 saturated carbocycles. The van der Waals surface area contributed by atoms with Gasteiger partial charge in [-0.2, -0.15) is 13.2 Å². The van der Waals surface area contributed by atoms with E-state index >= 15 is 0 Å². The van der Waals surface area contributed by atoms with Crippen LogP contribution in [-0.4, -0.2) is 21.2 Å². The van der Waals surface area contributed by atoms with Crippen LogP contribution in [0.4, 0.5) is 17.6 Å². The van der Waals surface area contributed by atoms with Crippen molar-refractivity contribution in [2.75, 3.05) is 6.61 Å². The monoisotopic (exact) mass is 307 g/mol. The Morgan fingerprint density at radius 2 is 1.94 bits per heavy atom. The van der Waals surface area contributed by atoms with E-state index in [9.17, 15) is 26.0 Å². The number of halogens is 5. The maximum absolute atomic E-state index is 13.3. The van der Waals surface area contributed by atoms with Crippen LogP contribution in [0.1, 0.15) is 0 Å². The normalized spacial score (nSPS) is 12.7. The van der Waals surface area contributed by atoms with Crippen LogP contribution in [0.3, 0.4) is 0 Å². The zero-order chi connectivity index (χ0) is 14.0. The van der Waals surface area contributed by atoms with Crippen LogP contribution in [0, 0.1) is 5.82 Å². The lowest BCUT2D eigenvalue weighted by Gasteiger charge is -2.10. The van der Waals surface area contributed by atoms with Crippen LogP contribution in [0.25, 0.3) is 0 Å². The number of alkyl halides is 3. The number of rotatable bonds is 4. The molecule has 18 heavy (non-hydrogen) atoms.